The summed E-state index contributed by atoms with van der Waals surface area (Å²) in [7, 11) is 0. The van der Waals surface area contributed by atoms with Crippen molar-refractivity contribution in [3.8, 4) is 0 Å². The first-order chi connectivity index (χ1) is 13.0. The van der Waals surface area contributed by atoms with Crippen LogP contribution in [0.4, 0.5) is 0 Å². The van der Waals surface area contributed by atoms with E-state index in [2.05, 4.69) is 67.7 Å². The van der Waals surface area contributed by atoms with E-state index < -0.39 is 0 Å². The minimum atomic E-state index is -0.228. The van der Waals surface area contributed by atoms with Crippen LogP contribution in [0.15, 0.2) is 48.5 Å². The van der Waals surface area contributed by atoms with Gasteiger partial charge in [0.2, 0.25) is 11.8 Å². The maximum absolute atomic E-state index is 12.4. The van der Waals surface area contributed by atoms with Crippen molar-refractivity contribution in [2.75, 3.05) is 19.6 Å². The molecule has 0 radical (unpaired) electrons. The summed E-state index contributed by atoms with van der Waals surface area (Å²) in [5.74, 6) is -0.150. The molecule has 0 spiro atoms. The Morgan fingerprint density at radius 2 is 1.52 bits per heavy atom. The van der Waals surface area contributed by atoms with Crippen LogP contribution in [0.1, 0.15) is 28.7 Å². The van der Waals surface area contributed by atoms with E-state index in [4.69, 9.17) is 0 Å². The van der Waals surface area contributed by atoms with Crippen LogP contribution >= 0.6 is 0 Å². The zero-order valence-electron chi connectivity index (χ0n) is 16.2. The highest BCUT2D eigenvalue weighted by Gasteiger charge is 2.33. The number of amides is 2. The zero-order chi connectivity index (χ0) is 19.2. The Balaban J connectivity index is 1.42. The lowest BCUT2D eigenvalue weighted by Crippen LogP contribution is -2.34. The molecule has 0 saturated carbocycles. The fraction of sp³-hybridized carbons (Fsp3) is 0.391. The van der Waals surface area contributed by atoms with E-state index in [0.29, 0.717) is 26.1 Å². The van der Waals surface area contributed by atoms with E-state index in [1.807, 2.05) is 4.90 Å². The van der Waals surface area contributed by atoms with E-state index in [0.717, 1.165) is 12.8 Å². The molecular formula is C23H28N2O2. The number of carbonyl (C=O) groups excluding carboxylic acids is 2. The van der Waals surface area contributed by atoms with Crippen molar-refractivity contribution in [3.05, 3.63) is 70.8 Å². The highest BCUT2D eigenvalue weighted by molar-refractivity contribution is 5.89. The van der Waals surface area contributed by atoms with E-state index >= 15 is 0 Å². The van der Waals surface area contributed by atoms with Gasteiger partial charge in [-0.05, 0) is 37.8 Å². The molecule has 4 nitrogen and oxygen atoms in total. The summed E-state index contributed by atoms with van der Waals surface area (Å²) >= 11 is 0. The van der Waals surface area contributed by atoms with Crippen molar-refractivity contribution in [1.29, 1.82) is 0 Å². The molecule has 3 rings (SSSR count). The normalized spacial score (nSPS) is 16.6. The van der Waals surface area contributed by atoms with Crippen LogP contribution in [0.3, 0.4) is 0 Å². The number of hydrogen-bond acceptors (Lipinski definition) is 2. The SMILES string of the molecule is Cc1ccc(CCNC(=O)[C@H]2CC(=O)N(CCc3ccc(C)cc3)C2)cc1. The van der Waals surface area contributed by atoms with Gasteiger partial charge in [0.1, 0.15) is 0 Å². The van der Waals surface area contributed by atoms with Crippen molar-refractivity contribution in [1.82, 2.24) is 10.2 Å². The Hall–Kier alpha value is -2.62. The molecule has 0 aliphatic carbocycles. The number of carbonyl (C=O) groups is 2. The second kappa shape index (κ2) is 8.85. The smallest absolute Gasteiger partial charge is 0.225 e. The minimum absolute atomic E-state index is 0.00621. The summed E-state index contributed by atoms with van der Waals surface area (Å²) < 4.78 is 0. The summed E-state index contributed by atoms with van der Waals surface area (Å²) in [6, 6.07) is 16.7. The molecule has 2 aromatic carbocycles. The average Bonchev–Trinajstić information content (AvgIpc) is 3.04. The van der Waals surface area contributed by atoms with Crippen LogP contribution < -0.4 is 5.32 Å². The molecule has 0 aromatic heterocycles. The number of hydrogen-bond donors (Lipinski definition) is 1. The molecule has 27 heavy (non-hydrogen) atoms. The molecule has 2 amide bonds. The Morgan fingerprint density at radius 3 is 2.11 bits per heavy atom. The fourth-order valence-electron chi connectivity index (χ4n) is 3.41. The lowest BCUT2D eigenvalue weighted by atomic mass is 10.1. The third-order valence-electron chi connectivity index (χ3n) is 5.21. The van der Waals surface area contributed by atoms with Crippen LogP contribution in [0.2, 0.25) is 0 Å². The minimum Gasteiger partial charge on any atom is -0.355 e. The number of nitrogens with zero attached hydrogens (tertiary/aromatic N) is 1. The highest BCUT2D eigenvalue weighted by Crippen LogP contribution is 2.18. The predicted octanol–water partition coefficient (Wildman–Crippen LogP) is 3.05. The van der Waals surface area contributed by atoms with Gasteiger partial charge in [0.15, 0.2) is 0 Å². The van der Waals surface area contributed by atoms with E-state index in [9.17, 15) is 9.59 Å². The van der Waals surface area contributed by atoms with Crippen LogP contribution in [0.25, 0.3) is 0 Å². The summed E-state index contributed by atoms with van der Waals surface area (Å²) in [6.45, 7) is 5.94. The quantitative estimate of drug-likeness (QED) is 0.821. The van der Waals surface area contributed by atoms with Gasteiger partial charge >= 0.3 is 0 Å². The van der Waals surface area contributed by atoms with Gasteiger partial charge in [-0.2, -0.15) is 0 Å². The zero-order valence-corrected chi connectivity index (χ0v) is 16.2. The maximum Gasteiger partial charge on any atom is 0.225 e. The molecule has 1 atom stereocenters. The molecule has 142 valence electrons. The van der Waals surface area contributed by atoms with Gasteiger partial charge < -0.3 is 10.2 Å². The topological polar surface area (TPSA) is 49.4 Å². The van der Waals surface area contributed by atoms with Gasteiger partial charge in [-0.1, -0.05) is 59.7 Å². The average molecular weight is 364 g/mol. The summed E-state index contributed by atoms with van der Waals surface area (Å²) in [5.41, 5.74) is 4.90. The van der Waals surface area contributed by atoms with Crippen LogP contribution in [0.5, 0.6) is 0 Å². The number of likely N-dealkylation sites (tertiary alicyclic amines) is 1. The van der Waals surface area contributed by atoms with Gasteiger partial charge in [-0.15, -0.1) is 0 Å². The molecule has 0 unspecified atom stereocenters. The Morgan fingerprint density at radius 1 is 0.963 bits per heavy atom. The predicted molar refractivity (Wildman–Crippen MR) is 107 cm³/mol. The Bertz CT molecular complexity index is 781. The van der Waals surface area contributed by atoms with E-state index in [-0.39, 0.29) is 17.7 Å². The van der Waals surface area contributed by atoms with Gasteiger partial charge in [0.25, 0.3) is 0 Å². The molecule has 1 saturated heterocycles. The number of aryl methyl sites for hydroxylation is 2. The Labute approximate surface area is 161 Å². The van der Waals surface area contributed by atoms with Crippen molar-refractivity contribution < 1.29 is 9.59 Å². The first kappa shape index (κ1) is 19.2. The highest BCUT2D eigenvalue weighted by atomic mass is 16.2. The standard InChI is InChI=1S/C23H28N2O2/c1-17-3-7-19(8-4-17)11-13-24-23(27)21-15-22(26)25(16-21)14-12-20-9-5-18(2)6-10-20/h3-10,21H,11-16H2,1-2H3,(H,24,27)/t21-/m0/s1. The Kier molecular flexibility index (Phi) is 6.28. The van der Waals surface area contributed by atoms with Gasteiger partial charge in [0.05, 0.1) is 5.92 Å². The number of rotatable bonds is 7. The van der Waals surface area contributed by atoms with Gasteiger partial charge in [0, 0.05) is 26.1 Å². The number of benzene rings is 2. The molecule has 1 fully saturated rings. The van der Waals surface area contributed by atoms with Crippen molar-refractivity contribution in [2.24, 2.45) is 5.92 Å². The van der Waals surface area contributed by atoms with Crippen molar-refractivity contribution >= 4 is 11.8 Å². The lowest BCUT2D eigenvalue weighted by molar-refractivity contribution is -0.129. The van der Waals surface area contributed by atoms with Crippen molar-refractivity contribution in [3.63, 3.8) is 0 Å². The molecule has 2 aromatic rings. The summed E-state index contributed by atoms with van der Waals surface area (Å²) in [6.07, 6.45) is 1.96. The van der Waals surface area contributed by atoms with Gasteiger partial charge in [-0.3, -0.25) is 9.59 Å². The second-order valence-electron chi connectivity index (χ2n) is 7.50. The fourth-order valence-corrected chi connectivity index (χ4v) is 3.41. The monoisotopic (exact) mass is 364 g/mol. The summed E-state index contributed by atoms with van der Waals surface area (Å²) in [4.78, 5) is 26.5. The largest absolute Gasteiger partial charge is 0.355 e. The van der Waals surface area contributed by atoms with Crippen molar-refractivity contribution in [2.45, 2.75) is 33.1 Å². The third-order valence-corrected chi connectivity index (χ3v) is 5.21. The molecule has 4 heteroatoms. The van der Waals surface area contributed by atoms with Crippen LogP contribution in [-0.4, -0.2) is 36.3 Å². The van der Waals surface area contributed by atoms with Gasteiger partial charge in [-0.25, -0.2) is 0 Å². The van der Waals surface area contributed by atoms with E-state index in [1.54, 1.807) is 0 Å². The van der Waals surface area contributed by atoms with Crippen LogP contribution in [0, 0.1) is 19.8 Å². The molecule has 1 aliphatic rings. The first-order valence-corrected chi connectivity index (χ1v) is 9.68. The third kappa shape index (κ3) is 5.43. The molecule has 1 N–H and O–H groups in total. The summed E-state index contributed by atoms with van der Waals surface area (Å²) in [5, 5.41) is 2.99. The molecular weight excluding hydrogens is 336 g/mol. The first-order valence-electron chi connectivity index (χ1n) is 9.68. The molecule has 0 bridgehead atoms. The lowest BCUT2D eigenvalue weighted by Gasteiger charge is -2.16. The molecule has 1 aliphatic heterocycles. The second-order valence-corrected chi connectivity index (χ2v) is 7.50. The molecule has 1 heterocycles. The maximum atomic E-state index is 12.4. The van der Waals surface area contributed by atoms with Crippen LogP contribution in [-0.2, 0) is 22.4 Å². The van der Waals surface area contributed by atoms with E-state index in [1.165, 1.54) is 22.3 Å². The number of nitrogens with one attached hydrogen (secondary N) is 1.